The molecule has 4 aromatic carbocycles. The van der Waals surface area contributed by atoms with Crippen molar-refractivity contribution in [2.24, 2.45) is 15.0 Å². The second-order valence-electron chi connectivity index (χ2n) is 9.20. The number of carbonyl (C=O) groups excluding carboxylic acids is 1. The van der Waals surface area contributed by atoms with Gasteiger partial charge in [-0.15, -0.1) is 12.4 Å². The number of nitrogens with zero attached hydrogens (tertiary/aromatic N) is 4. The number of aliphatic imine (C=N–C) groups is 2. The summed E-state index contributed by atoms with van der Waals surface area (Å²) in [7, 11) is 1.66. The van der Waals surface area contributed by atoms with Gasteiger partial charge < -0.3 is 10.4 Å². The van der Waals surface area contributed by atoms with E-state index in [0.717, 1.165) is 16.1 Å². The fourth-order valence-corrected chi connectivity index (χ4v) is 5.05. The summed E-state index contributed by atoms with van der Waals surface area (Å²) < 4.78 is 0. The largest absolute Gasteiger partial charge is 0.364 e. The number of halogens is 4. The second-order valence-corrected chi connectivity index (χ2v) is 10.5. The molecule has 8 nitrogen and oxygen atoms in total. The van der Waals surface area contributed by atoms with Crippen molar-refractivity contribution in [1.29, 1.82) is 0 Å². The van der Waals surface area contributed by atoms with E-state index in [2.05, 4.69) is 20.3 Å². The quantitative estimate of drug-likeness (QED) is 0.269. The van der Waals surface area contributed by atoms with Gasteiger partial charge in [-0.05, 0) is 42.5 Å². The van der Waals surface area contributed by atoms with Crippen LogP contribution in [0.3, 0.4) is 0 Å². The molecule has 220 valence electrons. The fourth-order valence-electron chi connectivity index (χ4n) is 4.48. The maximum Gasteiger partial charge on any atom is 0.276 e. The summed E-state index contributed by atoms with van der Waals surface area (Å²) in [5.74, 6) is -0.0346. The Balaban J connectivity index is 0.000000192. The van der Waals surface area contributed by atoms with Gasteiger partial charge in [0, 0.05) is 44.0 Å². The number of amides is 1. The fraction of sp³-hybridized carbons (Fsp3) is 0.0968. The molecule has 1 atom stereocenters. The van der Waals surface area contributed by atoms with E-state index in [-0.39, 0.29) is 19.0 Å². The Morgan fingerprint density at radius 2 is 1.58 bits per heavy atom. The third kappa shape index (κ3) is 7.25. The zero-order valence-electron chi connectivity index (χ0n) is 22.6. The van der Waals surface area contributed by atoms with Crippen molar-refractivity contribution in [3.63, 3.8) is 0 Å². The normalized spacial score (nSPS) is 16.6. The Morgan fingerprint density at radius 1 is 0.907 bits per heavy atom. The lowest BCUT2D eigenvalue weighted by Gasteiger charge is -2.19. The molecular weight excluding hydrogens is 632 g/mol. The number of carbonyl (C=O) groups is 1. The van der Waals surface area contributed by atoms with Gasteiger partial charge in [-0.3, -0.25) is 15.0 Å². The first-order valence-corrected chi connectivity index (χ1v) is 13.9. The van der Waals surface area contributed by atoms with E-state index in [1.54, 1.807) is 55.6 Å². The van der Waals surface area contributed by atoms with E-state index in [9.17, 15) is 15.1 Å². The van der Waals surface area contributed by atoms with Crippen LogP contribution < -0.4 is 15.9 Å². The average Bonchev–Trinajstić information content (AvgIpc) is 3.20. The number of aliphatic hydroxyl groups is 1. The number of fused-ring (bicyclic) bond motifs is 2. The minimum absolute atomic E-state index is 0. The summed E-state index contributed by atoms with van der Waals surface area (Å²) in [5, 5.41) is 27.2. The summed E-state index contributed by atoms with van der Waals surface area (Å²) in [6.07, 6.45) is -1.50. The number of benzodiazepines with no additional fused rings is 1. The molecule has 2 aliphatic heterocycles. The predicted octanol–water partition coefficient (Wildman–Crippen LogP) is 5.37. The lowest BCUT2D eigenvalue weighted by Crippen LogP contribution is -2.31. The first-order valence-electron chi connectivity index (χ1n) is 12.7. The molecule has 0 saturated carbocycles. The lowest BCUT2D eigenvalue weighted by molar-refractivity contribution is -0.123. The van der Waals surface area contributed by atoms with Crippen molar-refractivity contribution in [1.82, 2.24) is 5.06 Å². The van der Waals surface area contributed by atoms with E-state index in [1.807, 2.05) is 42.5 Å². The molecule has 0 aliphatic carbocycles. The van der Waals surface area contributed by atoms with E-state index in [4.69, 9.17) is 34.8 Å². The molecule has 4 aromatic rings. The molecule has 1 amide bonds. The van der Waals surface area contributed by atoms with Crippen LogP contribution >= 0.6 is 47.2 Å². The number of hydrogen-bond donors (Lipinski definition) is 3. The molecule has 0 spiro atoms. The predicted molar refractivity (Wildman–Crippen MR) is 173 cm³/mol. The highest BCUT2D eigenvalue weighted by Gasteiger charge is 2.25. The van der Waals surface area contributed by atoms with Gasteiger partial charge in [0.05, 0.1) is 22.5 Å². The zero-order valence-corrected chi connectivity index (χ0v) is 25.7. The van der Waals surface area contributed by atoms with Crippen LogP contribution in [0, 0.1) is 0 Å². The molecule has 0 saturated heterocycles. The molecule has 3 N–H and O–H groups in total. The molecule has 43 heavy (non-hydrogen) atoms. The van der Waals surface area contributed by atoms with E-state index >= 15 is 0 Å². The molecule has 1 unspecified atom stereocenters. The van der Waals surface area contributed by atoms with Gasteiger partial charge in [-0.2, -0.15) is 0 Å². The first kappa shape index (κ1) is 32.2. The van der Waals surface area contributed by atoms with Gasteiger partial charge in [-0.25, -0.2) is 15.0 Å². The van der Waals surface area contributed by atoms with Crippen molar-refractivity contribution < 1.29 is 15.1 Å². The van der Waals surface area contributed by atoms with Crippen LogP contribution in [0.5, 0.6) is 0 Å². The summed E-state index contributed by atoms with van der Waals surface area (Å²) in [5.41, 5.74) is 3.76. The van der Waals surface area contributed by atoms with Gasteiger partial charge in [0.2, 0.25) is 6.23 Å². The third-order valence-electron chi connectivity index (χ3n) is 6.43. The highest BCUT2D eigenvalue weighted by Crippen LogP contribution is 2.29. The summed E-state index contributed by atoms with van der Waals surface area (Å²) >= 11 is 18.3. The molecule has 12 heteroatoms. The SMILES string of the molecule is CN=C1CN(O)C(c2ccccc2)=c2cc(Cl)ccc2=N1.Cl.O=C1Nc2ccc(Cl)cc2C(c2ccccc2Cl)=NC1O. The van der Waals surface area contributed by atoms with Crippen LogP contribution in [-0.4, -0.2) is 52.7 Å². The summed E-state index contributed by atoms with van der Waals surface area (Å²) in [6.45, 7) is 0.229. The maximum absolute atomic E-state index is 11.8. The van der Waals surface area contributed by atoms with Crippen LogP contribution in [0.15, 0.2) is 106 Å². The van der Waals surface area contributed by atoms with Gasteiger partial charge in [0.1, 0.15) is 12.4 Å². The van der Waals surface area contributed by atoms with Crippen molar-refractivity contribution in [3.8, 4) is 0 Å². The number of hydrogen-bond acceptors (Lipinski definition) is 6. The molecular formula is C31H25Cl4N5O3. The number of nitrogens with one attached hydrogen (secondary N) is 1. The van der Waals surface area contributed by atoms with Crippen molar-refractivity contribution in [2.75, 3.05) is 18.9 Å². The van der Waals surface area contributed by atoms with Gasteiger partial charge >= 0.3 is 0 Å². The van der Waals surface area contributed by atoms with Crippen molar-refractivity contribution >= 4 is 76.0 Å². The lowest BCUT2D eigenvalue weighted by atomic mass is 10.0. The van der Waals surface area contributed by atoms with Gasteiger partial charge in [0.25, 0.3) is 5.91 Å². The standard InChI is InChI=1S/C16H14ClN3O.C15H10Cl2N2O2.ClH/c1-18-15-10-20(21)16(11-5-3-2-4-6-11)13-9-12(17)7-8-14(13)19-15;16-8-5-6-12-10(7-8)13(19-15(21)14(20)18-12)9-3-1-2-4-11(9)17;/h2-9,21H,10H2,1H3;1-7,15,21H,(H,18,20);1H. The molecule has 0 radical (unpaired) electrons. The van der Waals surface area contributed by atoms with Crippen LogP contribution in [-0.2, 0) is 4.79 Å². The molecule has 2 aliphatic rings. The van der Waals surface area contributed by atoms with E-state index < -0.39 is 12.1 Å². The van der Waals surface area contributed by atoms with E-state index in [0.29, 0.717) is 49.1 Å². The molecule has 0 bridgehead atoms. The number of amidine groups is 1. The summed E-state index contributed by atoms with van der Waals surface area (Å²) in [4.78, 5) is 24.5. The minimum Gasteiger partial charge on any atom is -0.364 e. The topological polar surface area (TPSA) is 110 Å². The molecule has 2 heterocycles. The second kappa shape index (κ2) is 14.1. The van der Waals surface area contributed by atoms with Gasteiger partial charge in [-0.1, -0.05) is 83.3 Å². The monoisotopic (exact) mass is 655 g/mol. The van der Waals surface area contributed by atoms with Crippen LogP contribution in [0.25, 0.3) is 5.70 Å². The van der Waals surface area contributed by atoms with Crippen LogP contribution in [0.1, 0.15) is 16.7 Å². The first-order chi connectivity index (χ1) is 20.2. The molecule has 0 aromatic heterocycles. The highest BCUT2D eigenvalue weighted by molar-refractivity contribution is 6.37. The summed E-state index contributed by atoms with van der Waals surface area (Å²) in [6, 6.07) is 27.2. The highest BCUT2D eigenvalue weighted by atomic mass is 35.5. The number of benzene rings is 4. The Bertz CT molecular complexity index is 1850. The van der Waals surface area contributed by atoms with Gasteiger partial charge in [0.15, 0.2) is 0 Å². The number of rotatable bonds is 2. The molecule has 0 fully saturated rings. The Hall–Kier alpha value is -3.76. The third-order valence-corrected chi connectivity index (χ3v) is 7.23. The smallest absolute Gasteiger partial charge is 0.276 e. The minimum atomic E-state index is -1.50. The Labute approximate surface area is 268 Å². The van der Waals surface area contributed by atoms with Crippen LogP contribution in [0.4, 0.5) is 5.69 Å². The average molecular weight is 657 g/mol. The van der Waals surface area contributed by atoms with Crippen molar-refractivity contribution in [2.45, 2.75) is 6.23 Å². The zero-order chi connectivity index (χ0) is 29.8. The van der Waals surface area contributed by atoms with Crippen LogP contribution in [0.2, 0.25) is 15.1 Å². The Morgan fingerprint density at radius 3 is 2.30 bits per heavy atom. The van der Waals surface area contributed by atoms with E-state index in [1.165, 1.54) is 5.06 Å². The molecule has 6 rings (SSSR count). The number of anilines is 1. The van der Waals surface area contributed by atoms with Crippen molar-refractivity contribution in [3.05, 3.63) is 133 Å². The number of aliphatic hydroxyl groups excluding tert-OH is 1. The number of hydroxylamine groups is 2. The Kier molecular flexibility index (Phi) is 10.6. The maximum atomic E-state index is 11.8.